The Morgan fingerprint density at radius 2 is 1.57 bits per heavy atom. The first-order chi connectivity index (χ1) is 17.0. The summed E-state index contributed by atoms with van der Waals surface area (Å²) >= 11 is 3.65. The fraction of sp³-hybridized carbons (Fsp3) is 0.385. The lowest BCUT2D eigenvalue weighted by molar-refractivity contribution is 0.0105. The minimum Gasteiger partial charge on any atom is -0.497 e. The van der Waals surface area contributed by atoms with Crippen molar-refractivity contribution in [2.45, 2.75) is 42.4 Å². The van der Waals surface area contributed by atoms with Crippen molar-refractivity contribution in [2.75, 3.05) is 20.0 Å². The van der Waals surface area contributed by atoms with Gasteiger partial charge in [-0.25, -0.2) is 4.79 Å². The maximum atomic E-state index is 12.5. The molecule has 4 rings (SSSR count). The number of aromatic amines is 1. The van der Waals surface area contributed by atoms with Gasteiger partial charge in [0.1, 0.15) is 17.7 Å². The molecule has 0 aliphatic carbocycles. The first kappa shape index (κ1) is 25.5. The van der Waals surface area contributed by atoms with E-state index in [1.54, 1.807) is 27.3 Å². The molecule has 1 N–H and O–H groups in total. The molecule has 186 valence electrons. The van der Waals surface area contributed by atoms with Crippen molar-refractivity contribution >= 4 is 23.5 Å². The number of ether oxygens (including phenoxy) is 3. The van der Waals surface area contributed by atoms with E-state index in [1.807, 2.05) is 47.8 Å². The predicted octanol–water partition coefficient (Wildman–Crippen LogP) is 4.39. The molecule has 0 unspecified atom stereocenters. The van der Waals surface area contributed by atoms with E-state index in [9.17, 15) is 9.59 Å². The number of H-pyrrole nitrogens is 1. The van der Waals surface area contributed by atoms with Crippen LogP contribution in [0.5, 0.6) is 11.5 Å². The highest BCUT2D eigenvalue weighted by atomic mass is 32.2. The average Bonchev–Trinajstić information content (AvgIpc) is 3.28. The van der Waals surface area contributed by atoms with Crippen LogP contribution in [0, 0.1) is 6.92 Å². The van der Waals surface area contributed by atoms with Crippen molar-refractivity contribution in [3.63, 3.8) is 0 Å². The second-order valence-electron chi connectivity index (χ2n) is 8.40. The van der Waals surface area contributed by atoms with Crippen LogP contribution in [0.4, 0.5) is 0 Å². The van der Waals surface area contributed by atoms with Gasteiger partial charge in [0, 0.05) is 40.7 Å². The molecule has 1 aliphatic heterocycles. The largest absolute Gasteiger partial charge is 0.497 e. The quantitative estimate of drug-likeness (QED) is 0.430. The number of nitrogens with zero attached hydrogens (tertiary/aromatic N) is 1. The first-order valence-corrected chi connectivity index (χ1v) is 13.6. The number of hydrogen-bond donors (Lipinski definition) is 1. The number of benzene rings is 2. The van der Waals surface area contributed by atoms with Gasteiger partial charge in [0.25, 0.3) is 5.56 Å². The van der Waals surface area contributed by atoms with E-state index < -0.39 is 11.9 Å². The van der Waals surface area contributed by atoms with Crippen molar-refractivity contribution in [2.24, 2.45) is 0 Å². The number of aromatic nitrogens is 2. The van der Waals surface area contributed by atoms with Crippen molar-refractivity contribution in [1.29, 1.82) is 0 Å². The van der Waals surface area contributed by atoms with Gasteiger partial charge in [-0.3, -0.25) is 14.3 Å². The zero-order chi connectivity index (χ0) is 24.8. The number of aryl methyl sites for hydroxylation is 1. The molecule has 35 heavy (non-hydrogen) atoms. The monoisotopic (exact) mass is 514 g/mol. The summed E-state index contributed by atoms with van der Waals surface area (Å²) in [5.41, 5.74) is 2.13. The lowest BCUT2D eigenvalue weighted by Gasteiger charge is -2.18. The molecule has 0 amide bonds. The third-order valence-electron chi connectivity index (χ3n) is 5.97. The summed E-state index contributed by atoms with van der Waals surface area (Å²) in [4.78, 5) is 26.7. The second-order valence-corrected chi connectivity index (χ2v) is 10.7. The Balaban J connectivity index is 1.44. The summed E-state index contributed by atoms with van der Waals surface area (Å²) in [6.07, 6.45) is 1.87. The molecule has 9 heteroatoms. The molecule has 0 spiro atoms. The minimum absolute atomic E-state index is 0.0226. The van der Waals surface area contributed by atoms with Crippen LogP contribution in [0.1, 0.15) is 29.3 Å². The molecule has 1 saturated heterocycles. The van der Waals surface area contributed by atoms with Gasteiger partial charge in [0.05, 0.1) is 20.3 Å². The minimum atomic E-state index is -0.434. The zero-order valence-corrected chi connectivity index (χ0v) is 21.7. The second kappa shape index (κ2) is 11.9. The number of thioether (sulfide) groups is 2. The number of hydrogen-bond acceptors (Lipinski definition) is 7. The van der Waals surface area contributed by atoms with Gasteiger partial charge in [0.15, 0.2) is 0 Å². The van der Waals surface area contributed by atoms with E-state index in [0.717, 1.165) is 28.8 Å². The Kier molecular flexibility index (Phi) is 8.64. The van der Waals surface area contributed by atoms with Gasteiger partial charge in [-0.1, -0.05) is 24.3 Å². The van der Waals surface area contributed by atoms with Crippen LogP contribution in [0.2, 0.25) is 0 Å². The fourth-order valence-electron chi connectivity index (χ4n) is 3.94. The van der Waals surface area contributed by atoms with Crippen molar-refractivity contribution < 1.29 is 14.2 Å². The molecule has 7 nitrogen and oxygen atoms in total. The molecule has 1 aromatic heterocycles. The van der Waals surface area contributed by atoms with E-state index in [1.165, 1.54) is 15.7 Å². The molecule has 0 radical (unpaired) electrons. The van der Waals surface area contributed by atoms with Crippen LogP contribution >= 0.6 is 23.5 Å². The fourth-order valence-corrected chi connectivity index (χ4v) is 6.42. The van der Waals surface area contributed by atoms with Gasteiger partial charge >= 0.3 is 5.69 Å². The maximum Gasteiger partial charge on any atom is 0.330 e. The first-order valence-electron chi connectivity index (χ1n) is 11.4. The molecule has 3 atom stereocenters. The van der Waals surface area contributed by atoms with E-state index in [0.29, 0.717) is 12.0 Å². The van der Waals surface area contributed by atoms with Crippen LogP contribution in [0.15, 0.2) is 64.3 Å². The Hall–Kier alpha value is -2.62. The van der Waals surface area contributed by atoms with Gasteiger partial charge in [0.2, 0.25) is 0 Å². The molecule has 1 fully saturated rings. The van der Waals surface area contributed by atoms with Crippen molar-refractivity contribution in [3.8, 4) is 11.5 Å². The zero-order valence-electron chi connectivity index (χ0n) is 20.1. The smallest absolute Gasteiger partial charge is 0.330 e. The Morgan fingerprint density at radius 3 is 2.17 bits per heavy atom. The third-order valence-corrected chi connectivity index (χ3v) is 8.50. The van der Waals surface area contributed by atoms with Gasteiger partial charge < -0.3 is 14.2 Å². The lowest BCUT2D eigenvalue weighted by Crippen LogP contribution is -2.33. The Bertz CT molecular complexity index is 1220. The normalized spacial score (nSPS) is 19.6. The molecule has 3 aromatic rings. The predicted molar refractivity (Wildman–Crippen MR) is 142 cm³/mol. The third kappa shape index (κ3) is 6.54. The number of methoxy groups -OCH3 is 2. The molecular formula is C26H30N2O5S2. The van der Waals surface area contributed by atoms with E-state index in [-0.39, 0.29) is 16.9 Å². The van der Waals surface area contributed by atoms with Crippen LogP contribution < -0.4 is 20.7 Å². The van der Waals surface area contributed by atoms with Crippen LogP contribution in [-0.2, 0) is 16.2 Å². The van der Waals surface area contributed by atoms with E-state index >= 15 is 0 Å². The highest BCUT2D eigenvalue weighted by Crippen LogP contribution is 2.39. The highest BCUT2D eigenvalue weighted by molar-refractivity contribution is 7.99. The molecule has 1 aliphatic rings. The number of nitrogens with one attached hydrogen (secondary N) is 1. The topological polar surface area (TPSA) is 82.5 Å². The summed E-state index contributed by atoms with van der Waals surface area (Å²) in [6.45, 7) is 1.70. The molecule has 2 aromatic carbocycles. The van der Waals surface area contributed by atoms with Crippen molar-refractivity contribution in [3.05, 3.63) is 92.3 Å². The summed E-state index contributed by atoms with van der Waals surface area (Å²) in [7, 11) is 3.32. The summed E-state index contributed by atoms with van der Waals surface area (Å²) in [5, 5.41) is 0.213. The molecule has 2 heterocycles. The van der Waals surface area contributed by atoms with Gasteiger partial charge in [-0.2, -0.15) is 23.5 Å². The SMILES string of the molecule is COc1ccc(CSC[C@H]2O[C@@H](n3cc(C)c(=O)[nH]c3=O)C[C@H]2SCc2ccc(OC)cc2)cc1. The Labute approximate surface area is 213 Å². The average molecular weight is 515 g/mol. The van der Waals surface area contributed by atoms with Gasteiger partial charge in [-0.05, 0) is 42.3 Å². The van der Waals surface area contributed by atoms with Crippen LogP contribution in [-0.4, -0.2) is 40.9 Å². The summed E-state index contributed by atoms with van der Waals surface area (Å²) < 4.78 is 18.4. The van der Waals surface area contributed by atoms with Gasteiger partial charge in [-0.15, -0.1) is 0 Å². The standard InChI is InChI=1S/C26H30N2O5S2/c1-17-13-28(26(30)27-25(17)29)24-12-23(35-15-19-6-10-21(32-3)11-7-19)22(33-24)16-34-14-18-4-8-20(31-2)9-5-18/h4-11,13,22-24H,12,14-16H2,1-3H3,(H,27,29,30)/t22-,23-,24-/m1/s1. The van der Waals surface area contributed by atoms with E-state index in [2.05, 4.69) is 29.2 Å². The Morgan fingerprint density at radius 1 is 0.971 bits per heavy atom. The van der Waals surface area contributed by atoms with Crippen LogP contribution in [0.3, 0.4) is 0 Å². The summed E-state index contributed by atoms with van der Waals surface area (Å²) in [6, 6.07) is 16.2. The summed E-state index contributed by atoms with van der Waals surface area (Å²) in [5.74, 6) is 4.19. The highest BCUT2D eigenvalue weighted by Gasteiger charge is 2.37. The maximum absolute atomic E-state index is 12.5. The number of rotatable bonds is 10. The van der Waals surface area contributed by atoms with Crippen LogP contribution in [0.25, 0.3) is 0 Å². The molecular weight excluding hydrogens is 484 g/mol. The molecule has 0 saturated carbocycles. The van der Waals surface area contributed by atoms with E-state index in [4.69, 9.17) is 14.2 Å². The molecule has 0 bridgehead atoms. The van der Waals surface area contributed by atoms with Crippen molar-refractivity contribution in [1.82, 2.24) is 9.55 Å². The lowest BCUT2D eigenvalue weighted by atomic mass is 10.2.